The molecule has 9 nitrogen and oxygen atoms in total. The summed E-state index contributed by atoms with van der Waals surface area (Å²) in [6.07, 6.45) is 2.08. The summed E-state index contributed by atoms with van der Waals surface area (Å²) in [5.41, 5.74) is 0.985. The Bertz CT molecular complexity index is 1060. The first-order valence-corrected chi connectivity index (χ1v) is 11.1. The van der Waals surface area contributed by atoms with Gasteiger partial charge in [0.2, 0.25) is 5.91 Å². The van der Waals surface area contributed by atoms with E-state index in [1.165, 1.54) is 31.4 Å². The Kier molecular flexibility index (Phi) is 7.34. The van der Waals surface area contributed by atoms with Gasteiger partial charge in [-0.3, -0.25) is 14.4 Å². The third-order valence-electron chi connectivity index (χ3n) is 5.87. The Labute approximate surface area is 197 Å². The fraction of sp³-hybridized carbons (Fsp3) is 0.360. The monoisotopic (exact) mass is 466 g/mol. The molecule has 1 N–H and O–H groups in total. The van der Waals surface area contributed by atoms with Crippen LogP contribution in [0.3, 0.4) is 0 Å². The summed E-state index contributed by atoms with van der Waals surface area (Å²) in [5, 5.41) is 3.13. The summed E-state index contributed by atoms with van der Waals surface area (Å²) in [5.74, 6) is -1.04. The molecule has 0 bridgehead atoms. The predicted molar refractivity (Wildman–Crippen MR) is 122 cm³/mol. The molecule has 2 aliphatic rings. The number of carbonyl (C=O) groups is 4. The minimum absolute atomic E-state index is 0.0684. The summed E-state index contributed by atoms with van der Waals surface area (Å²) in [6.45, 7) is 0.839. The van der Waals surface area contributed by atoms with E-state index in [1.54, 1.807) is 24.3 Å². The molecule has 2 unspecified atom stereocenters. The van der Waals surface area contributed by atoms with E-state index in [4.69, 9.17) is 14.2 Å². The van der Waals surface area contributed by atoms with Crippen molar-refractivity contribution in [3.05, 3.63) is 59.7 Å². The number of anilines is 1. The van der Waals surface area contributed by atoms with Gasteiger partial charge in [0.15, 0.2) is 12.4 Å². The van der Waals surface area contributed by atoms with Crippen molar-refractivity contribution in [1.29, 1.82) is 0 Å². The summed E-state index contributed by atoms with van der Waals surface area (Å²) in [6, 6.07) is 11.8. The molecule has 2 fully saturated rings. The molecule has 4 rings (SSSR count). The molecule has 2 amide bonds. The van der Waals surface area contributed by atoms with Gasteiger partial charge in [-0.2, -0.15) is 0 Å². The van der Waals surface area contributed by atoms with Crippen LogP contribution in [0.4, 0.5) is 5.69 Å². The zero-order valence-electron chi connectivity index (χ0n) is 18.8. The quantitative estimate of drug-likeness (QED) is 0.340. The van der Waals surface area contributed by atoms with Crippen LogP contribution in [-0.4, -0.2) is 62.6 Å². The van der Waals surface area contributed by atoms with Crippen molar-refractivity contribution in [2.45, 2.75) is 31.4 Å². The number of nitrogens with one attached hydrogen (secondary N) is 1. The normalized spacial score (nSPS) is 20.0. The van der Waals surface area contributed by atoms with Gasteiger partial charge < -0.3 is 19.5 Å². The average molecular weight is 466 g/mol. The second-order valence-electron chi connectivity index (χ2n) is 8.14. The van der Waals surface area contributed by atoms with E-state index in [0.29, 0.717) is 23.5 Å². The third-order valence-corrected chi connectivity index (χ3v) is 5.87. The number of amides is 2. The Morgan fingerprint density at radius 2 is 1.76 bits per heavy atom. The Morgan fingerprint density at radius 3 is 2.41 bits per heavy atom. The van der Waals surface area contributed by atoms with Crippen LogP contribution in [0.1, 0.15) is 40.0 Å². The van der Waals surface area contributed by atoms with Gasteiger partial charge in [0.05, 0.1) is 36.9 Å². The summed E-state index contributed by atoms with van der Waals surface area (Å²) in [4.78, 5) is 50.9. The van der Waals surface area contributed by atoms with Crippen LogP contribution < -0.4 is 15.0 Å². The number of hydrogen-bond acceptors (Lipinski definition) is 8. The van der Waals surface area contributed by atoms with E-state index in [0.717, 1.165) is 24.3 Å². The van der Waals surface area contributed by atoms with Crippen LogP contribution in [-0.2, 0) is 19.1 Å². The maximum absolute atomic E-state index is 12.8. The highest BCUT2D eigenvalue weighted by Gasteiger charge is 2.39. The molecule has 0 spiro atoms. The largest absolute Gasteiger partial charge is 0.497 e. The van der Waals surface area contributed by atoms with Crippen LogP contribution in [0.15, 0.2) is 48.5 Å². The van der Waals surface area contributed by atoms with E-state index >= 15 is 0 Å². The maximum atomic E-state index is 12.8. The average Bonchev–Trinajstić information content (AvgIpc) is 3.48. The number of methoxy groups -OCH3 is 1. The molecular weight excluding hydrogens is 440 g/mol. The van der Waals surface area contributed by atoms with Crippen LogP contribution >= 0.6 is 0 Å². The van der Waals surface area contributed by atoms with E-state index < -0.39 is 18.6 Å². The fourth-order valence-corrected chi connectivity index (χ4v) is 3.96. The molecule has 2 saturated heterocycles. The summed E-state index contributed by atoms with van der Waals surface area (Å²) >= 11 is 0. The number of ketones is 1. The van der Waals surface area contributed by atoms with Crippen LogP contribution in [0.2, 0.25) is 0 Å². The lowest BCUT2D eigenvalue weighted by molar-refractivity contribution is -0.121. The van der Waals surface area contributed by atoms with E-state index in [9.17, 15) is 19.2 Å². The molecule has 2 atom stereocenters. The standard InChI is InChI=1S/C25H26N2O7/c1-32-19-10-6-16(7-11-19)22(28)15-34-25(31)17-4-8-18(9-5-17)27-23(29)13-21(24(27)30)26-14-20-3-2-12-33-20/h4-11,20-21,26H,2-3,12-15H2,1H3. The van der Waals surface area contributed by atoms with E-state index in [-0.39, 0.29) is 35.7 Å². The molecule has 34 heavy (non-hydrogen) atoms. The molecule has 0 radical (unpaired) electrons. The van der Waals surface area contributed by atoms with Crippen molar-refractivity contribution in [2.75, 3.05) is 31.8 Å². The SMILES string of the molecule is COc1ccc(C(=O)COC(=O)c2ccc(N3C(=O)CC(NCC4CCCO4)C3=O)cc2)cc1. The highest BCUT2D eigenvalue weighted by Crippen LogP contribution is 2.24. The van der Waals surface area contributed by atoms with Crippen molar-refractivity contribution in [2.24, 2.45) is 0 Å². The molecule has 2 heterocycles. The number of ether oxygens (including phenoxy) is 3. The molecule has 2 aromatic carbocycles. The molecule has 2 aromatic rings. The minimum Gasteiger partial charge on any atom is -0.497 e. The lowest BCUT2D eigenvalue weighted by Gasteiger charge is -2.17. The number of hydrogen-bond donors (Lipinski definition) is 1. The lowest BCUT2D eigenvalue weighted by Crippen LogP contribution is -2.41. The zero-order valence-corrected chi connectivity index (χ0v) is 18.8. The molecule has 0 aromatic heterocycles. The highest BCUT2D eigenvalue weighted by atomic mass is 16.5. The topological polar surface area (TPSA) is 111 Å². The first-order valence-electron chi connectivity index (χ1n) is 11.1. The molecule has 0 aliphatic carbocycles. The number of imide groups is 1. The third kappa shape index (κ3) is 5.32. The number of esters is 1. The Balaban J connectivity index is 1.31. The maximum Gasteiger partial charge on any atom is 0.338 e. The minimum atomic E-state index is -0.677. The first-order chi connectivity index (χ1) is 16.5. The Morgan fingerprint density at radius 1 is 1.06 bits per heavy atom. The van der Waals surface area contributed by atoms with Crippen molar-refractivity contribution in [1.82, 2.24) is 5.32 Å². The Hall–Kier alpha value is -3.56. The van der Waals surface area contributed by atoms with Crippen LogP contribution in [0, 0.1) is 0 Å². The van der Waals surface area contributed by atoms with Crippen LogP contribution in [0.5, 0.6) is 5.75 Å². The van der Waals surface area contributed by atoms with Gasteiger partial charge in [0.25, 0.3) is 5.91 Å². The number of Topliss-reactive ketones (excluding diaryl/α,β-unsaturated/α-hetero) is 1. The van der Waals surface area contributed by atoms with E-state index in [2.05, 4.69) is 5.32 Å². The molecule has 178 valence electrons. The number of carbonyl (C=O) groups excluding carboxylic acids is 4. The first kappa shape index (κ1) is 23.6. The predicted octanol–water partition coefficient (Wildman–Crippen LogP) is 2.14. The van der Waals surface area contributed by atoms with E-state index in [1.807, 2.05) is 0 Å². The van der Waals surface area contributed by atoms with Gasteiger partial charge in [-0.25, -0.2) is 9.69 Å². The van der Waals surface area contributed by atoms with Gasteiger partial charge in [0.1, 0.15) is 5.75 Å². The summed E-state index contributed by atoms with van der Waals surface area (Å²) in [7, 11) is 1.53. The van der Waals surface area contributed by atoms with Crippen molar-refractivity contribution < 1.29 is 33.4 Å². The van der Waals surface area contributed by atoms with Crippen molar-refractivity contribution in [3.8, 4) is 5.75 Å². The molecule has 0 saturated carbocycles. The molecular formula is C25H26N2O7. The smallest absolute Gasteiger partial charge is 0.338 e. The van der Waals surface area contributed by atoms with Gasteiger partial charge in [-0.05, 0) is 61.4 Å². The highest BCUT2D eigenvalue weighted by molar-refractivity contribution is 6.22. The second-order valence-corrected chi connectivity index (χ2v) is 8.14. The van der Waals surface area contributed by atoms with Crippen molar-refractivity contribution in [3.63, 3.8) is 0 Å². The van der Waals surface area contributed by atoms with Crippen LogP contribution in [0.25, 0.3) is 0 Å². The van der Waals surface area contributed by atoms with Gasteiger partial charge in [-0.15, -0.1) is 0 Å². The van der Waals surface area contributed by atoms with Gasteiger partial charge in [-0.1, -0.05) is 0 Å². The molecule has 2 aliphatic heterocycles. The zero-order chi connectivity index (χ0) is 24.1. The fourth-order valence-electron chi connectivity index (χ4n) is 3.96. The lowest BCUT2D eigenvalue weighted by atomic mass is 10.1. The summed E-state index contributed by atoms with van der Waals surface area (Å²) < 4.78 is 15.7. The molecule has 9 heteroatoms. The number of rotatable bonds is 9. The van der Waals surface area contributed by atoms with Gasteiger partial charge >= 0.3 is 5.97 Å². The van der Waals surface area contributed by atoms with Crippen molar-refractivity contribution >= 4 is 29.3 Å². The number of benzene rings is 2. The van der Waals surface area contributed by atoms with Gasteiger partial charge in [0, 0.05) is 18.7 Å². The second kappa shape index (κ2) is 10.6. The number of nitrogens with zero attached hydrogens (tertiary/aromatic N) is 1.